The maximum Gasteiger partial charge on any atom is 0.416 e. The van der Waals surface area contributed by atoms with Gasteiger partial charge in [-0.25, -0.2) is 0 Å². The Morgan fingerprint density at radius 2 is 1.81 bits per heavy atom. The second-order valence-corrected chi connectivity index (χ2v) is 9.60. The molecule has 0 spiro atoms. The van der Waals surface area contributed by atoms with E-state index in [-0.39, 0.29) is 17.1 Å². The third-order valence-electron chi connectivity index (χ3n) is 5.11. The summed E-state index contributed by atoms with van der Waals surface area (Å²) in [5.74, 6) is -0.396. The second kappa shape index (κ2) is 8.61. The van der Waals surface area contributed by atoms with Crippen molar-refractivity contribution < 1.29 is 27.1 Å². The van der Waals surface area contributed by atoms with Gasteiger partial charge in [0.15, 0.2) is 0 Å². The summed E-state index contributed by atoms with van der Waals surface area (Å²) in [6.45, 7) is 5.27. The molecule has 1 atom stereocenters. The van der Waals surface area contributed by atoms with E-state index in [0.717, 1.165) is 23.3 Å². The molecule has 0 aliphatic carbocycles. The Labute approximate surface area is 185 Å². The summed E-state index contributed by atoms with van der Waals surface area (Å²) in [4.78, 5) is 16.9. The molecule has 0 unspecified atom stereocenters. The topological polar surface area (TPSA) is 94.5 Å². The van der Waals surface area contributed by atoms with E-state index in [4.69, 9.17) is 0 Å². The second-order valence-electron chi connectivity index (χ2n) is 7.73. The van der Waals surface area contributed by atoms with Crippen molar-refractivity contribution in [2.75, 3.05) is 11.0 Å². The molecular formula is C22H24F3N3O3S. The number of pyridine rings is 1. The number of carbonyl (C=O) groups is 1. The van der Waals surface area contributed by atoms with Crippen LogP contribution in [0.4, 0.5) is 18.9 Å². The summed E-state index contributed by atoms with van der Waals surface area (Å²) in [5, 5.41) is 3.35. The number of halogens is 3. The minimum atomic E-state index is -4.47. The third-order valence-corrected chi connectivity index (χ3v) is 5.72. The van der Waals surface area contributed by atoms with Crippen molar-refractivity contribution in [3.8, 4) is 0 Å². The zero-order valence-corrected chi connectivity index (χ0v) is 18.7. The van der Waals surface area contributed by atoms with Crippen molar-refractivity contribution in [3.05, 3.63) is 70.4 Å². The van der Waals surface area contributed by atoms with E-state index in [9.17, 15) is 27.1 Å². The highest BCUT2D eigenvalue weighted by atomic mass is 32.3. The molecule has 3 aromatic rings. The third kappa shape index (κ3) is 5.32. The molecule has 0 saturated heterocycles. The van der Waals surface area contributed by atoms with Crippen LogP contribution in [0, 0.1) is 13.8 Å². The number of benzene rings is 2. The van der Waals surface area contributed by atoms with Gasteiger partial charge in [0.1, 0.15) is 0 Å². The van der Waals surface area contributed by atoms with Crippen LogP contribution in [-0.2, 0) is 6.18 Å². The van der Waals surface area contributed by atoms with Crippen LogP contribution in [0.25, 0.3) is 10.9 Å². The number of alkyl halides is 3. The molecule has 0 saturated carbocycles. The lowest BCUT2D eigenvalue weighted by Crippen LogP contribution is -2.27. The van der Waals surface area contributed by atoms with Crippen LogP contribution in [0.15, 0.2) is 42.6 Å². The molecule has 1 aromatic heterocycles. The van der Waals surface area contributed by atoms with E-state index in [1.165, 1.54) is 18.5 Å². The standard InChI is InChI=1S/C22H24F3N3O3S/c1-12-9-15(5-8-19(12)28-32(4,30)31)14(3)27-21(29)18-11-26-20-10-16(22(23,24)25)6-7-17(20)13(18)2/h5-11,14,28,30-31H,1-4H3,(H,27,29)/t14-/m1/s1. The number of nitrogens with one attached hydrogen (secondary N) is 2. The maximum absolute atomic E-state index is 12.9. The van der Waals surface area contributed by atoms with Gasteiger partial charge in [0.25, 0.3) is 5.91 Å². The molecule has 6 nitrogen and oxygen atoms in total. The fourth-order valence-electron chi connectivity index (χ4n) is 3.37. The number of hydrogen-bond donors (Lipinski definition) is 4. The van der Waals surface area contributed by atoms with E-state index in [1.807, 2.05) is 6.07 Å². The van der Waals surface area contributed by atoms with E-state index >= 15 is 0 Å². The number of aromatic nitrogens is 1. The molecule has 3 rings (SSSR count). The van der Waals surface area contributed by atoms with Crippen molar-refractivity contribution in [1.29, 1.82) is 0 Å². The largest absolute Gasteiger partial charge is 0.416 e. The summed E-state index contributed by atoms with van der Waals surface area (Å²) >= 11 is 0. The minimum Gasteiger partial charge on any atom is -0.345 e. The minimum absolute atomic E-state index is 0.169. The molecule has 1 amide bonds. The molecule has 0 aliphatic heterocycles. The molecule has 0 fully saturated rings. The van der Waals surface area contributed by atoms with Crippen LogP contribution >= 0.6 is 10.8 Å². The number of amides is 1. The smallest absolute Gasteiger partial charge is 0.345 e. The average molecular weight is 468 g/mol. The highest BCUT2D eigenvalue weighted by Crippen LogP contribution is 2.36. The molecule has 10 heteroatoms. The van der Waals surface area contributed by atoms with Crippen LogP contribution in [0.3, 0.4) is 0 Å². The lowest BCUT2D eigenvalue weighted by molar-refractivity contribution is -0.137. The molecule has 0 aliphatic rings. The van der Waals surface area contributed by atoms with Crippen molar-refractivity contribution in [3.63, 3.8) is 0 Å². The van der Waals surface area contributed by atoms with E-state index in [2.05, 4.69) is 15.0 Å². The average Bonchev–Trinajstić information content (AvgIpc) is 2.67. The number of hydrogen-bond acceptors (Lipinski definition) is 5. The Kier molecular flexibility index (Phi) is 6.41. The lowest BCUT2D eigenvalue weighted by atomic mass is 10.0. The van der Waals surface area contributed by atoms with Gasteiger partial charge in [-0.1, -0.05) is 18.2 Å². The molecule has 0 radical (unpaired) electrons. The number of anilines is 1. The molecule has 0 bridgehead atoms. The molecule has 172 valence electrons. The Hall–Kier alpha value is -2.82. The summed E-state index contributed by atoms with van der Waals surface area (Å²) < 4.78 is 60.6. The van der Waals surface area contributed by atoms with Crippen molar-refractivity contribution in [2.45, 2.75) is 33.0 Å². The highest BCUT2D eigenvalue weighted by Gasteiger charge is 2.30. The number of fused-ring (bicyclic) bond motifs is 1. The first-order chi connectivity index (χ1) is 14.8. The quantitative estimate of drug-likeness (QED) is 0.365. The molecular weight excluding hydrogens is 443 g/mol. The number of aryl methyl sites for hydroxylation is 2. The van der Waals surface area contributed by atoms with Crippen LogP contribution < -0.4 is 10.0 Å². The number of nitrogens with zero attached hydrogens (tertiary/aromatic N) is 1. The maximum atomic E-state index is 12.9. The SMILES string of the molecule is Cc1cc([C@@H](C)NC(=O)c2cnc3cc(C(F)(F)F)ccc3c2C)ccc1NS(C)(O)O. The summed E-state index contributed by atoms with van der Waals surface area (Å²) in [6, 6.07) is 8.18. The first-order valence-electron chi connectivity index (χ1n) is 9.65. The Balaban J connectivity index is 1.82. The van der Waals surface area contributed by atoms with Gasteiger partial charge in [0, 0.05) is 17.8 Å². The summed E-state index contributed by atoms with van der Waals surface area (Å²) in [6.07, 6.45) is -1.90. The van der Waals surface area contributed by atoms with Crippen molar-refractivity contribution in [2.24, 2.45) is 0 Å². The predicted molar refractivity (Wildman–Crippen MR) is 121 cm³/mol. The van der Waals surface area contributed by atoms with Gasteiger partial charge < -0.3 is 5.32 Å². The molecule has 2 aromatic carbocycles. The molecule has 32 heavy (non-hydrogen) atoms. The number of rotatable bonds is 5. The fourth-order valence-corrected chi connectivity index (χ4v) is 4.02. The number of carbonyl (C=O) groups excluding carboxylic acids is 1. The van der Waals surface area contributed by atoms with Crippen LogP contribution in [0.1, 0.15) is 45.6 Å². The van der Waals surface area contributed by atoms with E-state index in [1.54, 1.807) is 32.9 Å². The first-order valence-corrected chi connectivity index (χ1v) is 11.6. The Bertz CT molecular complexity index is 1180. The lowest BCUT2D eigenvalue weighted by Gasteiger charge is -2.29. The monoisotopic (exact) mass is 467 g/mol. The van der Waals surface area contributed by atoms with Gasteiger partial charge in [0.05, 0.1) is 28.4 Å². The van der Waals surface area contributed by atoms with Gasteiger partial charge in [-0.15, -0.1) is 10.8 Å². The van der Waals surface area contributed by atoms with Gasteiger partial charge in [-0.05, 0) is 55.7 Å². The van der Waals surface area contributed by atoms with Crippen molar-refractivity contribution >= 4 is 33.3 Å². The zero-order chi connectivity index (χ0) is 23.8. The van der Waals surface area contributed by atoms with Gasteiger partial charge in [0.2, 0.25) is 0 Å². The normalized spacial score (nSPS) is 13.7. The van der Waals surface area contributed by atoms with Crippen LogP contribution in [0.5, 0.6) is 0 Å². The predicted octanol–water partition coefficient (Wildman–Crippen LogP) is 6.07. The first kappa shape index (κ1) is 23.8. The molecule has 4 N–H and O–H groups in total. The fraction of sp³-hybridized carbons (Fsp3) is 0.273. The Morgan fingerprint density at radius 3 is 2.41 bits per heavy atom. The zero-order valence-electron chi connectivity index (χ0n) is 17.9. The van der Waals surface area contributed by atoms with Gasteiger partial charge in [-0.3, -0.25) is 23.6 Å². The van der Waals surface area contributed by atoms with E-state index < -0.39 is 28.4 Å². The Morgan fingerprint density at radius 1 is 1.12 bits per heavy atom. The highest BCUT2D eigenvalue weighted by molar-refractivity contribution is 8.24. The van der Waals surface area contributed by atoms with Gasteiger partial charge in [-0.2, -0.15) is 13.2 Å². The van der Waals surface area contributed by atoms with Crippen molar-refractivity contribution in [1.82, 2.24) is 10.3 Å². The van der Waals surface area contributed by atoms with Crippen LogP contribution in [-0.4, -0.2) is 26.3 Å². The molecule has 1 heterocycles. The van der Waals surface area contributed by atoms with Gasteiger partial charge >= 0.3 is 6.18 Å². The summed E-state index contributed by atoms with van der Waals surface area (Å²) in [5.41, 5.74) is 2.34. The summed E-state index contributed by atoms with van der Waals surface area (Å²) in [7, 11) is -2.91. The van der Waals surface area contributed by atoms with E-state index in [0.29, 0.717) is 16.6 Å². The van der Waals surface area contributed by atoms with Crippen LogP contribution in [0.2, 0.25) is 0 Å².